The minimum Gasteiger partial charge on any atom is -0.325 e. The van der Waals surface area contributed by atoms with Crippen LogP contribution in [0.25, 0.3) is 0 Å². The van der Waals surface area contributed by atoms with E-state index in [0.29, 0.717) is 36.6 Å². The van der Waals surface area contributed by atoms with Gasteiger partial charge in [0.1, 0.15) is 17.0 Å². The third-order valence-corrected chi connectivity index (χ3v) is 8.00. The fraction of sp³-hybridized carbons (Fsp3) is 0.417. The monoisotopic (exact) mass is 475 g/mol. The maximum atomic E-state index is 15.5. The number of hydrogen-bond donors (Lipinski definition) is 3. The van der Waals surface area contributed by atoms with E-state index in [4.69, 9.17) is 23.2 Å². The van der Waals surface area contributed by atoms with E-state index in [1.165, 1.54) is 6.07 Å². The van der Waals surface area contributed by atoms with Gasteiger partial charge in [0.2, 0.25) is 5.91 Å². The maximum absolute atomic E-state index is 15.5. The number of amides is 1. The molecule has 3 atom stereocenters. The van der Waals surface area contributed by atoms with Crippen LogP contribution in [0.3, 0.4) is 0 Å². The molecule has 8 heteroatoms. The number of carbonyl (C=O) groups excluding carboxylic acids is 2. The van der Waals surface area contributed by atoms with E-state index in [2.05, 4.69) is 16.0 Å². The second kappa shape index (κ2) is 7.80. The number of ketones is 1. The van der Waals surface area contributed by atoms with Crippen molar-refractivity contribution in [3.05, 3.63) is 63.4 Å². The Morgan fingerprint density at radius 1 is 1.19 bits per heavy atom. The highest BCUT2D eigenvalue weighted by molar-refractivity contribution is 6.31. The molecule has 0 radical (unpaired) electrons. The number of hydrogen-bond acceptors (Lipinski definition) is 4. The number of anilines is 1. The number of fused-ring (bicyclic) bond motifs is 3. The van der Waals surface area contributed by atoms with Crippen molar-refractivity contribution in [2.75, 3.05) is 18.4 Å². The Bertz CT molecular complexity index is 1120. The fourth-order valence-electron chi connectivity index (χ4n) is 6.19. The summed E-state index contributed by atoms with van der Waals surface area (Å²) in [6.07, 6.45) is 1.51. The quantitative estimate of drug-likeness (QED) is 0.622. The second-order valence-electron chi connectivity index (χ2n) is 8.85. The first kappa shape index (κ1) is 21.8. The van der Waals surface area contributed by atoms with Gasteiger partial charge in [-0.05, 0) is 55.3 Å². The van der Waals surface area contributed by atoms with Crippen molar-refractivity contribution in [1.29, 1.82) is 0 Å². The smallest absolute Gasteiger partial charge is 0.237 e. The number of Topliss-reactive ketones (excluding diaryl/α,β-unsaturated/α-hetero) is 1. The van der Waals surface area contributed by atoms with Crippen LogP contribution in [0.5, 0.6) is 0 Å². The number of piperidine rings is 1. The standard InChI is InChI=1S/C24H24Cl2FN3O2/c1-2-18(31)21-19(14-4-3-5-16(26)20(14)27)24(23(30-21)8-10-28-11-9-23)15-7-6-13(25)12-17(15)29-22(24)32/h3-7,12,19,21,28,30H,2,8-11H2,1H3,(H,29,32)/t19-,21-,24-/m0/s1. The molecule has 0 saturated carbocycles. The van der Waals surface area contributed by atoms with Crippen LogP contribution in [0.4, 0.5) is 10.1 Å². The SMILES string of the molecule is CCC(=O)[C@@H]1NC2(CCNCC2)[C@]2(C(=O)Nc3cc(Cl)ccc32)[C@H]1c1cccc(Cl)c1F. The van der Waals surface area contributed by atoms with E-state index in [0.717, 1.165) is 5.56 Å². The molecule has 1 amide bonds. The maximum Gasteiger partial charge on any atom is 0.237 e. The first-order chi connectivity index (χ1) is 15.4. The van der Waals surface area contributed by atoms with Crippen molar-refractivity contribution in [3.63, 3.8) is 0 Å². The molecule has 3 aliphatic rings. The molecule has 0 aliphatic carbocycles. The largest absolute Gasteiger partial charge is 0.325 e. The van der Waals surface area contributed by atoms with Crippen LogP contribution in [0.2, 0.25) is 10.0 Å². The molecule has 0 aromatic heterocycles. The number of rotatable bonds is 3. The van der Waals surface area contributed by atoms with Gasteiger partial charge in [-0.3, -0.25) is 14.9 Å². The molecule has 2 saturated heterocycles. The molecule has 0 bridgehead atoms. The highest BCUT2D eigenvalue weighted by Gasteiger charge is 2.72. The van der Waals surface area contributed by atoms with Crippen molar-refractivity contribution in [2.45, 2.75) is 49.1 Å². The highest BCUT2D eigenvalue weighted by Crippen LogP contribution is 2.61. The Hall–Kier alpha value is -1.99. The average Bonchev–Trinajstić information content (AvgIpc) is 3.23. The summed E-state index contributed by atoms with van der Waals surface area (Å²) in [5.41, 5.74) is -0.270. The molecule has 5 rings (SSSR count). The molecule has 2 aromatic rings. The molecular formula is C24H24Cl2FN3O2. The Morgan fingerprint density at radius 2 is 1.94 bits per heavy atom. The Balaban J connectivity index is 1.85. The van der Waals surface area contributed by atoms with E-state index in [1.54, 1.807) is 31.2 Å². The molecule has 3 heterocycles. The average molecular weight is 476 g/mol. The summed E-state index contributed by atoms with van der Waals surface area (Å²) in [5.74, 6) is -1.64. The van der Waals surface area contributed by atoms with Gasteiger partial charge in [-0.2, -0.15) is 0 Å². The molecule has 32 heavy (non-hydrogen) atoms. The van der Waals surface area contributed by atoms with Gasteiger partial charge in [0.25, 0.3) is 0 Å². The van der Waals surface area contributed by atoms with Crippen LogP contribution < -0.4 is 16.0 Å². The lowest BCUT2D eigenvalue weighted by Gasteiger charge is -2.47. The van der Waals surface area contributed by atoms with Crippen molar-refractivity contribution in [1.82, 2.24) is 10.6 Å². The van der Waals surface area contributed by atoms with E-state index in [1.807, 2.05) is 6.07 Å². The zero-order chi connectivity index (χ0) is 22.7. The molecule has 2 aromatic carbocycles. The van der Waals surface area contributed by atoms with Gasteiger partial charge in [0, 0.05) is 28.6 Å². The zero-order valence-electron chi connectivity index (χ0n) is 17.6. The lowest BCUT2D eigenvalue weighted by Crippen LogP contribution is -2.63. The molecule has 0 unspecified atom stereocenters. The minimum atomic E-state index is -1.18. The van der Waals surface area contributed by atoms with E-state index < -0.39 is 28.7 Å². The third-order valence-electron chi connectivity index (χ3n) is 7.47. The van der Waals surface area contributed by atoms with Crippen LogP contribution in [-0.2, 0) is 15.0 Å². The molecular weight excluding hydrogens is 452 g/mol. The number of nitrogens with one attached hydrogen (secondary N) is 3. The van der Waals surface area contributed by atoms with Gasteiger partial charge >= 0.3 is 0 Å². The zero-order valence-corrected chi connectivity index (χ0v) is 19.1. The summed E-state index contributed by atoms with van der Waals surface area (Å²) in [7, 11) is 0. The Morgan fingerprint density at radius 3 is 2.66 bits per heavy atom. The first-order valence-electron chi connectivity index (χ1n) is 10.9. The minimum absolute atomic E-state index is 0.0265. The van der Waals surface area contributed by atoms with Crippen LogP contribution in [0.15, 0.2) is 36.4 Å². The van der Waals surface area contributed by atoms with Crippen LogP contribution in [0, 0.1) is 5.82 Å². The number of carbonyl (C=O) groups is 2. The highest BCUT2D eigenvalue weighted by atomic mass is 35.5. The number of halogens is 3. The Kier molecular flexibility index (Phi) is 5.32. The molecule has 3 aliphatic heterocycles. The van der Waals surface area contributed by atoms with Gasteiger partial charge in [-0.15, -0.1) is 0 Å². The summed E-state index contributed by atoms with van der Waals surface area (Å²) in [6.45, 7) is 3.16. The van der Waals surface area contributed by atoms with E-state index in [9.17, 15) is 9.59 Å². The summed E-state index contributed by atoms with van der Waals surface area (Å²) in [5, 5.41) is 10.4. The number of benzene rings is 2. The summed E-state index contributed by atoms with van der Waals surface area (Å²) in [4.78, 5) is 27.2. The first-order valence-corrected chi connectivity index (χ1v) is 11.7. The van der Waals surface area contributed by atoms with E-state index in [-0.39, 0.29) is 28.7 Å². The topological polar surface area (TPSA) is 70.2 Å². The molecule has 3 N–H and O–H groups in total. The van der Waals surface area contributed by atoms with Crippen molar-refractivity contribution in [2.24, 2.45) is 0 Å². The molecule has 2 fully saturated rings. The van der Waals surface area contributed by atoms with Gasteiger partial charge in [-0.25, -0.2) is 4.39 Å². The van der Waals surface area contributed by atoms with Gasteiger partial charge in [-0.1, -0.05) is 48.3 Å². The normalized spacial score (nSPS) is 28.2. The third kappa shape index (κ3) is 2.83. The van der Waals surface area contributed by atoms with Crippen molar-refractivity contribution < 1.29 is 14.0 Å². The molecule has 5 nitrogen and oxygen atoms in total. The van der Waals surface area contributed by atoms with Crippen LogP contribution in [0.1, 0.15) is 43.2 Å². The van der Waals surface area contributed by atoms with Gasteiger partial charge in [0.05, 0.1) is 11.1 Å². The molecule has 168 valence electrons. The second-order valence-corrected chi connectivity index (χ2v) is 9.69. The Labute approximate surface area is 196 Å². The van der Waals surface area contributed by atoms with Crippen molar-refractivity contribution >= 4 is 40.6 Å². The lowest BCUT2D eigenvalue weighted by molar-refractivity contribution is -0.124. The van der Waals surface area contributed by atoms with Gasteiger partial charge in [0.15, 0.2) is 0 Å². The van der Waals surface area contributed by atoms with Crippen LogP contribution in [-0.4, -0.2) is 36.4 Å². The predicted molar refractivity (Wildman–Crippen MR) is 123 cm³/mol. The summed E-state index contributed by atoms with van der Waals surface area (Å²) in [6, 6.07) is 9.39. The van der Waals surface area contributed by atoms with Crippen molar-refractivity contribution in [3.8, 4) is 0 Å². The molecule has 2 spiro atoms. The van der Waals surface area contributed by atoms with Crippen LogP contribution >= 0.6 is 23.2 Å². The predicted octanol–water partition coefficient (Wildman–Crippen LogP) is 4.18. The summed E-state index contributed by atoms with van der Waals surface area (Å²) >= 11 is 12.4. The lowest BCUT2D eigenvalue weighted by atomic mass is 9.56. The van der Waals surface area contributed by atoms with Gasteiger partial charge < -0.3 is 10.6 Å². The van der Waals surface area contributed by atoms with E-state index >= 15 is 4.39 Å². The summed E-state index contributed by atoms with van der Waals surface area (Å²) < 4.78 is 15.5. The fourth-order valence-corrected chi connectivity index (χ4v) is 6.54.